The number of hydrogen-bond acceptors (Lipinski definition) is 4. The summed E-state index contributed by atoms with van der Waals surface area (Å²) in [5, 5.41) is 4.72. The zero-order chi connectivity index (χ0) is 20.9. The number of benzene rings is 3. The molecule has 0 amide bonds. The van der Waals surface area contributed by atoms with E-state index in [0.29, 0.717) is 0 Å². The van der Waals surface area contributed by atoms with Gasteiger partial charge in [-0.1, -0.05) is 30.3 Å². The number of pyridine rings is 1. The van der Waals surface area contributed by atoms with Gasteiger partial charge in [0.25, 0.3) is 0 Å². The second kappa shape index (κ2) is 8.97. The van der Waals surface area contributed by atoms with Crippen molar-refractivity contribution in [2.75, 3.05) is 14.2 Å². The molecule has 0 aliphatic rings. The standard InChI is InChI=1S/C26H26N2O2/c1-18(20-6-4-8-23(16-20)29-2)28-17-19-9-12-26(30-3)24(14-19)21-10-11-25-22(15-21)7-5-13-27-25/h4-16,18,28H,17H2,1-3H3/t18-/m1/s1. The van der Waals surface area contributed by atoms with Gasteiger partial charge in [-0.25, -0.2) is 0 Å². The molecule has 1 N–H and O–H groups in total. The molecule has 4 aromatic rings. The molecule has 4 nitrogen and oxygen atoms in total. The van der Waals surface area contributed by atoms with Gasteiger partial charge < -0.3 is 14.8 Å². The van der Waals surface area contributed by atoms with Gasteiger partial charge in [0, 0.05) is 29.7 Å². The van der Waals surface area contributed by atoms with Crippen LogP contribution in [0.3, 0.4) is 0 Å². The molecule has 0 aliphatic carbocycles. The van der Waals surface area contributed by atoms with Crippen LogP contribution in [0.25, 0.3) is 22.0 Å². The Hall–Kier alpha value is -3.37. The summed E-state index contributed by atoms with van der Waals surface area (Å²) >= 11 is 0. The van der Waals surface area contributed by atoms with Crippen molar-refractivity contribution in [2.24, 2.45) is 0 Å². The highest BCUT2D eigenvalue weighted by Gasteiger charge is 2.10. The molecule has 1 heterocycles. The minimum atomic E-state index is 0.206. The first kappa shape index (κ1) is 19.9. The first-order valence-electron chi connectivity index (χ1n) is 10.1. The van der Waals surface area contributed by atoms with Gasteiger partial charge in [-0.3, -0.25) is 4.98 Å². The van der Waals surface area contributed by atoms with E-state index in [-0.39, 0.29) is 6.04 Å². The molecule has 1 atom stereocenters. The van der Waals surface area contributed by atoms with Gasteiger partial charge in [-0.05, 0) is 66.1 Å². The Morgan fingerprint density at radius 2 is 1.80 bits per heavy atom. The van der Waals surface area contributed by atoms with Crippen molar-refractivity contribution in [2.45, 2.75) is 19.5 Å². The number of nitrogens with zero attached hydrogens (tertiary/aromatic N) is 1. The van der Waals surface area contributed by atoms with Crippen molar-refractivity contribution in [1.29, 1.82) is 0 Å². The topological polar surface area (TPSA) is 43.4 Å². The predicted molar refractivity (Wildman–Crippen MR) is 122 cm³/mol. The molecule has 0 saturated carbocycles. The molecular weight excluding hydrogens is 372 g/mol. The third-order valence-corrected chi connectivity index (χ3v) is 5.38. The first-order valence-corrected chi connectivity index (χ1v) is 10.1. The maximum atomic E-state index is 5.64. The SMILES string of the molecule is COc1cccc([C@@H](C)NCc2ccc(OC)c(-c3ccc4ncccc4c3)c2)c1. The van der Waals surface area contributed by atoms with Crippen molar-refractivity contribution in [3.05, 3.63) is 90.1 Å². The van der Waals surface area contributed by atoms with Gasteiger partial charge in [-0.15, -0.1) is 0 Å². The fourth-order valence-electron chi connectivity index (χ4n) is 3.63. The summed E-state index contributed by atoms with van der Waals surface area (Å²) < 4.78 is 11.0. The van der Waals surface area contributed by atoms with Crippen LogP contribution in [0, 0.1) is 0 Å². The Kier molecular flexibility index (Phi) is 5.96. The normalized spacial score (nSPS) is 12.0. The van der Waals surface area contributed by atoms with Crippen LogP contribution in [0.2, 0.25) is 0 Å². The second-order valence-electron chi connectivity index (χ2n) is 7.32. The molecule has 0 unspecified atom stereocenters. The number of aromatic nitrogens is 1. The lowest BCUT2D eigenvalue weighted by molar-refractivity contribution is 0.413. The Morgan fingerprint density at radius 1 is 0.900 bits per heavy atom. The minimum absolute atomic E-state index is 0.206. The monoisotopic (exact) mass is 398 g/mol. The van der Waals surface area contributed by atoms with Gasteiger partial charge >= 0.3 is 0 Å². The molecule has 3 aromatic carbocycles. The van der Waals surface area contributed by atoms with E-state index in [2.05, 4.69) is 65.8 Å². The maximum Gasteiger partial charge on any atom is 0.126 e. The molecule has 0 spiro atoms. The van der Waals surface area contributed by atoms with Crippen molar-refractivity contribution in [3.63, 3.8) is 0 Å². The average molecular weight is 399 g/mol. The molecule has 0 saturated heterocycles. The maximum absolute atomic E-state index is 5.64. The number of hydrogen-bond donors (Lipinski definition) is 1. The summed E-state index contributed by atoms with van der Waals surface area (Å²) in [4.78, 5) is 4.42. The van der Waals surface area contributed by atoms with Crippen LogP contribution in [0.15, 0.2) is 79.0 Å². The summed E-state index contributed by atoms with van der Waals surface area (Å²) in [5.74, 6) is 1.74. The summed E-state index contributed by atoms with van der Waals surface area (Å²) in [6.07, 6.45) is 1.82. The first-order chi connectivity index (χ1) is 14.7. The number of ether oxygens (including phenoxy) is 2. The number of nitrogens with one attached hydrogen (secondary N) is 1. The number of fused-ring (bicyclic) bond motifs is 1. The Bertz CT molecular complexity index is 1160. The lowest BCUT2D eigenvalue weighted by atomic mass is 9.99. The zero-order valence-corrected chi connectivity index (χ0v) is 17.6. The van der Waals surface area contributed by atoms with Crippen LogP contribution in [-0.2, 0) is 6.54 Å². The molecule has 152 valence electrons. The summed E-state index contributed by atoms with van der Waals surface area (Å²) in [5.41, 5.74) is 5.59. The van der Waals surface area contributed by atoms with Gasteiger partial charge in [0.1, 0.15) is 11.5 Å². The van der Waals surface area contributed by atoms with Gasteiger partial charge in [0.05, 0.1) is 19.7 Å². The Morgan fingerprint density at radius 3 is 2.63 bits per heavy atom. The van der Waals surface area contributed by atoms with E-state index in [4.69, 9.17) is 9.47 Å². The summed E-state index contributed by atoms with van der Waals surface area (Å²) in [6, 6.07) is 25.1. The van der Waals surface area contributed by atoms with E-state index in [1.807, 2.05) is 30.5 Å². The largest absolute Gasteiger partial charge is 0.497 e. The zero-order valence-electron chi connectivity index (χ0n) is 17.6. The number of methoxy groups -OCH3 is 2. The molecule has 0 bridgehead atoms. The van der Waals surface area contributed by atoms with Crippen LogP contribution in [0.4, 0.5) is 0 Å². The Labute approximate surface area is 177 Å². The lowest BCUT2D eigenvalue weighted by Crippen LogP contribution is -2.18. The lowest BCUT2D eigenvalue weighted by Gasteiger charge is -2.17. The van der Waals surface area contributed by atoms with Crippen LogP contribution < -0.4 is 14.8 Å². The van der Waals surface area contributed by atoms with E-state index in [0.717, 1.165) is 40.1 Å². The smallest absolute Gasteiger partial charge is 0.126 e. The van der Waals surface area contributed by atoms with Crippen LogP contribution >= 0.6 is 0 Å². The van der Waals surface area contributed by atoms with Gasteiger partial charge in [-0.2, -0.15) is 0 Å². The van der Waals surface area contributed by atoms with Crippen LogP contribution in [-0.4, -0.2) is 19.2 Å². The van der Waals surface area contributed by atoms with Crippen LogP contribution in [0.1, 0.15) is 24.1 Å². The van der Waals surface area contributed by atoms with E-state index in [1.54, 1.807) is 14.2 Å². The van der Waals surface area contributed by atoms with Gasteiger partial charge in [0.2, 0.25) is 0 Å². The molecular formula is C26H26N2O2. The second-order valence-corrected chi connectivity index (χ2v) is 7.32. The summed E-state index contributed by atoms with van der Waals surface area (Å²) in [7, 11) is 3.41. The van der Waals surface area contributed by atoms with E-state index >= 15 is 0 Å². The van der Waals surface area contributed by atoms with E-state index in [1.165, 1.54) is 11.1 Å². The molecule has 4 rings (SSSR count). The van der Waals surface area contributed by atoms with Crippen molar-refractivity contribution in [1.82, 2.24) is 10.3 Å². The average Bonchev–Trinajstić information content (AvgIpc) is 2.82. The predicted octanol–water partition coefficient (Wildman–Crippen LogP) is 5.77. The van der Waals surface area contributed by atoms with E-state index in [9.17, 15) is 0 Å². The fourth-order valence-corrected chi connectivity index (χ4v) is 3.63. The van der Waals surface area contributed by atoms with Crippen molar-refractivity contribution < 1.29 is 9.47 Å². The highest BCUT2D eigenvalue weighted by atomic mass is 16.5. The summed E-state index contributed by atoms with van der Waals surface area (Å²) in [6.45, 7) is 2.92. The Balaban J connectivity index is 1.57. The van der Waals surface area contributed by atoms with Crippen molar-refractivity contribution in [3.8, 4) is 22.6 Å². The molecule has 1 aromatic heterocycles. The quantitative estimate of drug-likeness (QED) is 0.429. The molecule has 30 heavy (non-hydrogen) atoms. The molecule has 0 aliphatic heterocycles. The third-order valence-electron chi connectivity index (χ3n) is 5.38. The van der Waals surface area contributed by atoms with E-state index < -0.39 is 0 Å². The van der Waals surface area contributed by atoms with Crippen molar-refractivity contribution >= 4 is 10.9 Å². The minimum Gasteiger partial charge on any atom is -0.497 e. The van der Waals surface area contributed by atoms with Crippen LogP contribution in [0.5, 0.6) is 11.5 Å². The van der Waals surface area contributed by atoms with Gasteiger partial charge in [0.15, 0.2) is 0 Å². The number of rotatable bonds is 7. The molecule has 0 radical (unpaired) electrons. The third kappa shape index (κ3) is 4.29. The highest BCUT2D eigenvalue weighted by molar-refractivity contribution is 5.85. The molecule has 0 fully saturated rings. The molecule has 4 heteroatoms. The fraction of sp³-hybridized carbons (Fsp3) is 0.192. The highest BCUT2D eigenvalue weighted by Crippen LogP contribution is 2.33.